The molecule has 0 unspecified atom stereocenters. The summed E-state index contributed by atoms with van der Waals surface area (Å²) in [7, 11) is 1.75. The Kier molecular flexibility index (Phi) is 12.5. The van der Waals surface area contributed by atoms with Crippen molar-refractivity contribution in [1.29, 1.82) is 0 Å². The van der Waals surface area contributed by atoms with E-state index >= 15 is 0 Å². The highest BCUT2D eigenvalue weighted by atomic mass is 16.3. The molecule has 0 saturated carbocycles. The third-order valence-electron chi connectivity index (χ3n) is 1.46. The van der Waals surface area contributed by atoms with Crippen molar-refractivity contribution in [1.82, 2.24) is 5.32 Å². The fourth-order valence-corrected chi connectivity index (χ4v) is 0.794. The fourth-order valence-electron chi connectivity index (χ4n) is 0.794. The highest BCUT2D eigenvalue weighted by Crippen LogP contribution is 2.07. The van der Waals surface area contributed by atoms with Crippen molar-refractivity contribution in [2.75, 3.05) is 13.6 Å². The molecule has 0 fully saturated rings. The largest absolute Gasteiger partial charge is 0.508 e. The van der Waals surface area contributed by atoms with Crippen molar-refractivity contribution in [3.8, 4) is 5.75 Å². The SMILES string of the molecule is CC.CNCC(C)=O.Cc1ccc(O)cc1. The van der Waals surface area contributed by atoms with Crippen LogP contribution in [0.4, 0.5) is 0 Å². The summed E-state index contributed by atoms with van der Waals surface area (Å²) in [6.45, 7) is 8.02. The van der Waals surface area contributed by atoms with Gasteiger partial charge in [0.1, 0.15) is 11.5 Å². The number of benzene rings is 1. The smallest absolute Gasteiger partial charge is 0.143 e. The van der Waals surface area contributed by atoms with Crippen molar-refractivity contribution >= 4 is 5.78 Å². The van der Waals surface area contributed by atoms with Gasteiger partial charge in [0.2, 0.25) is 0 Å². The molecule has 3 heteroatoms. The lowest BCUT2D eigenvalue weighted by molar-refractivity contribution is -0.116. The number of aryl methyl sites for hydroxylation is 1. The minimum Gasteiger partial charge on any atom is -0.508 e. The summed E-state index contributed by atoms with van der Waals surface area (Å²) in [5.74, 6) is 0.508. The first-order valence-corrected chi connectivity index (χ1v) is 5.46. The second-order valence-corrected chi connectivity index (χ2v) is 3.07. The topological polar surface area (TPSA) is 49.3 Å². The minimum atomic E-state index is 0.178. The van der Waals surface area contributed by atoms with Crippen LogP contribution in [0.25, 0.3) is 0 Å². The zero-order valence-corrected chi connectivity index (χ0v) is 10.9. The molecule has 0 aliphatic carbocycles. The molecule has 0 bridgehead atoms. The molecule has 0 radical (unpaired) electrons. The third-order valence-corrected chi connectivity index (χ3v) is 1.46. The van der Waals surface area contributed by atoms with E-state index in [1.165, 1.54) is 5.56 Å². The van der Waals surface area contributed by atoms with Gasteiger partial charge in [-0.25, -0.2) is 0 Å². The molecule has 1 aromatic carbocycles. The highest BCUT2D eigenvalue weighted by Gasteiger charge is 1.82. The first-order chi connectivity index (χ1) is 7.56. The quantitative estimate of drug-likeness (QED) is 0.813. The van der Waals surface area contributed by atoms with Gasteiger partial charge in [-0.1, -0.05) is 31.5 Å². The lowest BCUT2D eigenvalue weighted by atomic mass is 10.2. The Morgan fingerprint density at radius 1 is 1.25 bits per heavy atom. The fraction of sp³-hybridized carbons (Fsp3) is 0.462. The van der Waals surface area contributed by atoms with Gasteiger partial charge in [0, 0.05) is 0 Å². The normalized spacial score (nSPS) is 8.06. The van der Waals surface area contributed by atoms with Gasteiger partial charge in [-0.05, 0) is 33.0 Å². The number of hydrogen-bond acceptors (Lipinski definition) is 3. The van der Waals surface area contributed by atoms with Crippen LogP contribution in [0, 0.1) is 6.92 Å². The first kappa shape index (κ1) is 17.1. The summed E-state index contributed by atoms with van der Waals surface area (Å²) in [6, 6.07) is 7.09. The molecule has 0 saturated heterocycles. The number of Topliss-reactive ketones (excluding diaryl/α,β-unsaturated/α-hetero) is 1. The molecule has 1 aromatic rings. The highest BCUT2D eigenvalue weighted by molar-refractivity contribution is 5.77. The van der Waals surface area contributed by atoms with E-state index in [9.17, 15) is 4.79 Å². The average Bonchev–Trinajstić information content (AvgIpc) is 2.26. The Balaban J connectivity index is 0. The van der Waals surface area contributed by atoms with Gasteiger partial charge in [0.05, 0.1) is 6.54 Å². The van der Waals surface area contributed by atoms with E-state index in [0.29, 0.717) is 12.3 Å². The van der Waals surface area contributed by atoms with E-state index in [0.717, 1.165) is 0 Å². The summed E-state index contributed by atoms with van der Waals surface area (Å²) in [5.41, 5.74) is 1.17. The van der Waals surface area contributed by atoms with Gasteiger partial charge >= 0.3 is 0 Å². The summed E-state index contributed by atoms with van der Waals surface area (Å²) >= 11 is 0. The zero-order valence-electron chi connectivity index (χ0n) is 10.9. The van der Waals surface area contributed by atoms with Crippen LogP contribution >= 0.6 is 0 Å². The maximum Gasteiger partial charge on any atom is 0.143 e. The van der Waals surface area contributed by atoms with E-state index in [-0.39, 0.29) is 5.78 Å². The number of aromatic hydroxyl groups is 1. The van der Waals surface area contributed by atoms with Crippen LogP contribution in [-0.4, -0.2) is 24.5 Å². The van der Waals surface area contributed by atoms with Gasteiger partial charge in [-0.3, -0.25) is 4.79 Å². The molecule has 0 atom stereocenters. The second kappa shape index (κ2) is 11.7. The lowest BCUT2D eigenvalue weighted by Gasteiger charge is -1.89. The number of phenolic OH excluding ortho intramolecular Hbond substituents is 1. The van der Waals surface area contributed by atoms with Gasteiger partial charge in [0.15, 0.2) is 0 Å². The summed E-state index contributed by atoms with van der Waals surface area (Å²) < 4.78 is 0. The van der Waals surface area contributed by atoms with Crippen LogP contribution in [0.3, 0.4) is 0 Å². The van der Waals surface area contributed by atoms with Crippen LogP contribution in [0.1, 0.15) is 26.3 Å². The van der Waals surface area contributed by atoms with Crippen LogP contribution in [0.5, 0.6) is 5.75 Å². The minimum absolute atomic E-state index is 0.178. The number of phenols is 1. The van der Waals surface area contributed by atoms with Crippen LogP contribution in [-0.2, 0) is 4.79 Å². The van der Waals surface area contributed by atoms with Gasteiger partial charge in [-0.15, -0.1) is 0 Å². The number of carbonyl (C=O) groups excluding carboxylic acids is 1. The molecule has 0 heterocycles. The Labute approximate surface area is 98.5 Å². The zero-order chi connectivity index (χ0) is 13.0. The van der Waals surface area contributed by atoms with Crippen molar-refractivity contribution in [2.45, 2.75) is 27.7 Å². The van der Waals surface area contributed by atoms with Crippen molar-refractivity contribution < 1.29 is 9.90 Å². The molecular weight excluding hydrogens is 202 g/mol. The second-order valence-electron chi connectivity index (χ2n) is 3.07. The van der Waals surface area contributed by atoms with Gasteiger partial charge in [-0.2, -0.15) is 0 Å². The predicted octanol–water partition coefficient (Wildman–Crippen LogP) is 2.52. The molecule has 0 amide bonds. The third kappa shape index (κ3) is 12.7. The van der Waals surface area contributed by atoms with Crippen molar-refractivity contribution in [3.05, 3.63) is 29.8 Å². The summed E-state index contributed by atoms with van der Waals surface area (Å²) in [6.07, 6.45) is 0. The Morgan fingerprint density at radius 2 is 1.69 bits per heavy atom. The number of nitrogens with one attached hydrogen (secondary N) is 1. The molecule has 0 spiro atoms. The monoisotopic (exact) mass is 225 g/mol. The van der Waals surface area contributed by atoms with E-state index in [4.69, 9.17) is 5.11 Å². The standard InChI is InChI=1S/C7H8O.C4H9NO.C2H6/c1-6-2-4-7(8)5-3-6;1-4(6)3-5-2;1-2/h2-5,8H,1H3;5H,3H2,1-2H3;1-2H3. The maximum absolute atomic E-state index is 9.98. The summed E-state index contributed by atoms with van der Waals surface area (Å²) in [4.78, 5) is 9.98. The lowest BCUT2D eigenvalue weighted by Crippen LogP contribution is -2.14. The van der Waals surface area contributed by atoms with E-state index < -0.39 is 0 Å². The molecule has 2 N–H and O–H groups in total. The first-order valence-electron chi connectivity index (χ1n) is 5.46. The van der Waals surface area contributed by atoms with Crippen LogP contribution in [0.15, 0.2) is 24.3 Å². The van der Waals surface area contributed by atoms with E-state index in [1.807, 2.05) is 32.9 Å². The van der Waals surface area contributed by atoms with Gasteiger partial charge in [0.25, 0.3) is 0 Å². The van der Waals surface area contributed by atoms with Crippen LogP contribution < -0.4 is 5.32 Å². The van der Waals surface area contributed by atoms with Crippen molar-refractivity contribution in [3.63, 3.8) is 0 Å². The molecule has 1 rings (SSSR count). The Bertz CT molecular complexity index is 247. The summed E-state index contributed by atoms with van der Waals surface area (Å²) in [5, 5.41) is 11.5. The molecule has 16 heavy (non-hydrogen) atoms. The number of rotatable bonds is 2. The maximum atomic E-state index is 9.98. The molecule has 0 aliphatic heterocycles. The average molecular weight is 225 g/mol. The van der Waals surface area contributed by atoms with Gasteiger partial charge < -0.3 is 10.4 Å². The Hall–Kier alpha value is -1.35. The molecule has 92 valence electrons. The molecule has 0 aromatic heterocycles. The van der Waals surface area contributed by atoms with E-state index in [1.54, 1.807) is 26.1 Å². The number of carbonyl (C=O) groups is 1. The van der Waals surface area contributed by atoms with Crippen molar-refractivity contribution in [2.24, 2.45) is 0 Å². The van der Waals surface area contributed by atoms with Crippen LogP contribution in [0.2, 0.25) is 0 Å². The predicted molar refractivity (Wildman–Crippen MR) is 68.8 cm³/mol. The number of hydrogen-bond donors (Lipinski definition) is 2. The van der Waals surface area contributed by atoms with E-state index in [2.05, 4.69) is 5.32 Å². The molecule has 0 aliphatic rings. The number of likely N-dealkylation sites (N-methyl/N-ethyl adjacent to an activating group) is 1. The molecule has 3 nitrogen and oxygen atoms in total. The number of ketones is 1. The Morgan fingerprint density at radius 3 is 1.88 bits per heavy atom. The molecular formula is C13H23NO2.